The minimum atomic E-state index is -0.689. The van der Waals surface area contributed by atoms with Crippen LogP contribution in [0.1, 0.15) is 77.0 Å². The summed E-state index contributed by atoms with van der Waals surface area (Å²) in [6.07, 6.45) is 9.92. The molecule has 0 aromatic carbocycles. The van der Waals surface area contributed by atoms with Gasteiger partial charge in [-0.3, -0.25) is 19.3 Å². The quantitative estimate of drug-likeness (QED) is 0.545. The van der Waals surface area contributed by atoms with E-state index in [0.29, 0.717) is 25.8 Å². The zero-order valence-corrected chi connectivity index (χ0v) is 16.6. The lowest BCUT2D eigenvalue weighted by Gasteiger charge is -2.22. The van der Waals surface area contributed by atoms with Crippen molar-refractivity contribution >= 4 is 23.8 Å². The molecule has 28 heavy (non-hydrogen) atoms. The van der Waals surface area contributed by atoms with Crippen molar-refractivity contribution in [2.75, 3.05) is 13.1 Å². The number of rotatable bonds is 8. The first-order chi connectivity index (χ1) is 13.5. The van der Waals surface area contributed by atoms with Gasteiger partial charge in [0.05, 0.1) is 0 Å². The van der Waals surface area contributed by atoms with Crippen LogP contribution in [0.4, 0.5) is 4.79 Å². The van der Waals surface area contributed by atoms with E-state index in [-0.39, 0.29) is 49.2 Å². The summed E-state index contributed by atoms with van der Waals surface area (Å²) in [7, 11) is 0. The molecule has 3 rings (SSSR count). The van der Waals surface area contributed by atoms with E-state index in [9.17, 15) is 19.2 Å². The zero-order chi connectivity index (χ0) is 20.0. The molecular weight excluding hydrogens is 360 g/mol. The smallest absolute Gasteiger partial charge is 0.325 e. The number of carbonyl (C=O) groups is 4. The summed E-state index contributed by atoms with van der Waals surface area (Å²) in [4.78, 5) is 49.7. The van der Waals surface area contributed by atoms with Crippen LogP contribution in [0.3, 0.4) is 0 Å². The molecule has 2 saturated carbocycles. The largest absolute Gasteiger partial charge is 0.356 e. The van der Waals surface area contributed by atoms with E-state index < -0.39 is 5.54 Å². The van der Waals surface area contributed by atoms with E-state index >= 15 is 0 Å². The van der Waals surface area contributed by atoms with Crippen LogP contribution in [0.2, 0.25) is 0 Å². The number of urea groups is 1. The summed E-state index contributed by atoms with van der Waals surface area (Å²) < 4.78 is 0. The second-order valence-electron chi connectivity index (χ2n) is 8.28. The summed E-state index contributed by atoms with van der Waals surface area (Å²) in [5, 5.41) is 8.61. The van der Waals surface area contributed by atoms with Gasteiger partial charge in [-0.05, 0) is 32.1 Å². The van der Waals surface area contributed by atoms with Gasteiger partial charge in [-0.15, -0.1) is 0 Å². The van der Waals surface area contributed by atoms with Crippen molar-refractivity contribution in [1.29, 1.82) is 0 Å². The lowest BCUT2D eigenvalue weighted by Crippen LogP contribution is -2.44. The predicted molar refractivity (Wildman–Crippen MR) is 103 cm³/mol. The second-order valence-corrected chi connectivity index (χ2v) is 8.28. The maximum atomic E-state index is 12.5. The molecule has 2 aliphatic carbocycles. The highest BCUT2D eigenvalue weighted by molar-refractivity contribution is 6.07. The molecule has 1 saturated heterocycles. The standard InChI is InChI=1S/C20H32N4O4/c25-16(21-13-10-17(26)22-15-7-2-1-3-8-15)9-6-14-24-18(27)20(23-19(24)28)11-4-5-12-20/h15H,1-14H2,(H,21,25)(H,22,26)(H,23,28). The van der Waals surface area contributed by atoms with Gasteiger partial charge in [-0.1, -0.05) is 32.1 Å². The molecule has 3 aliphatic rings. The van der Waals surface area contributed by atoms with E-state index in [1.807, 2.05) is 0 Å². The zero-order valence-electron chi connectivity index (χ0n) is 16.6. The van der Waals surface area contributed by atoms with Crippen LogP contribution in [-0.2, 0) is 14.4 Å². The molecule has 0 aromatic rings. The molecule has 0 radical (unpaired) electrons. The van der Waals surface area contributed by atoms with Gasteiger partial charge in [0.15, 0.2) is 0 Å². The maximum Gasteiger partial charge on any atom is 0.325 e. The first kappa shape index (κ1) is 20.6. The Morgan fingerprint density at radius 2 is 1.71 bits per heavy atom. The van der Waals surface area contributed by atoms with E-state index in [2.05, 4.69) is 16.0 Å². The number of carbonyl (C=O) groups excluding carboxylic acids is 4. The molecule has 3 N–H and O–H groups in total. The van der Waals surface area contributed by atoms with Gasteiger partial charge in [-0.25, -0.2) is 4.79 Å². The van der Waals surface area contributed by atoms with Crippen LogP contribution in [-0.4, -0.2) is 53.3 Å². The van der Waals surface area contributed by atoms with Crippen molar-refractivity contribution in [3.05, 3.63) is 0 Å². The fourth-order valence-corrected chi connectivity index (χ4v) is 4.55. The molecule has 5 amide bonds. The average Bonchev–Trinajstić information content (AvgIpc) is 3.23. The molecule has 0 unspecified atom stereocenters. The Kier molecular flexibility index (Phi) is 6.91. The number of amides is 5. The Bertz CT molecular complexity index is 609. The highest BCUT2D eigenvalue weighted by atomic mass is 16.2. The van der Waals surface area contributed by atoms with E-state index in [4.69, 9.17) is 0 Å². The van der Waals surface area contributed by atoms with Crippen LogP contribution in [0.15, 0.2) is 0 Å². The molecule has 1 aliphatic heterocycles. The maximum absolute atomic E-state index is 12.5. The monoisotopic (exact) mass is 392 g/mol. The predicted octanol–water partition coefficient (Wildman–Crippen LogP) is 1.59. The first-order valence-corrected chi connectivity index (χ1v) is 10.7. The van der Waals surface area contributed by atoms with Crippen molar-refractivity contribution in [3.63, 3.8) is 0 Å². The highest BCUT2D eigenvalue weighted by Gasteiger charge is 2.51. The molecular formula is C20H32N4O4. The Balaban J connectivity index is 1.29. The van der Waals surface area contributed by atoms with Crippen molar-refractivity contribution < 1.29 is 19.2 Å². The Morgan fingerprint density at radius 3 is 2.43 bits per heavy atom. The molecule has 0 bridgehead atoms. The lowest BCUT2D eigenvalue weighted by molar-refractivity contribution is -0.131. The number of imide groups is 1. The van der Waals surface area contributed by atoms with Gasteiger partial charge in [0.2, 0.25) is 11.8 Å². The summed E-state index contributed by atoms with van der Waals surface area (Å²) in [6, 6.07) is -0.0593. The molecule has 0 aromatic heterocycles. The fourth-order valence-electron chi connectivity index (χ4n) is 4.55. The third-order valence-corrected chi connectivity index (χ3v) is 6.13. The highest BCUT2D eigenvalue weighted by Crippen LogP contribution is 2.35. The van der Waals surface area contributed by atoms with Gasteiger partial charge in [0.1, 0.15) is 5.54 Å². The Morgan fingerprint density at radius 1 is 1.00 bits per heavy atom. The van der Waals surface area contributed by atoms with Gasteiger partial charge >= 0.3 is 6.03 Å². The topological polar surface area (TPSA) is 108 Å². The van der Waals surface area contributed by atoms with Crippen LogP contribution >= 0.6 is 0 Å². The molecule has 1 spiro atoms. The Labute approximate surface area is 166 Å². The third-order valence-electron chi connectivity index (χ3n) is 6.13. The van der Waals surface area contributed by atoms with Crippen molar-refractivity contribution in [3.8, 4) is 0 Å². The Hall–Kier alpha value is -2.12. The van der Waals surface area contributed by atoms with Gasteiger partial charge in [-0.2, -0.15) is 0 Å². The van der Waals surface area contributed by atoms with Crippen molar-refractivity contribution in [1.82, 2.24) is 20.9 Å². The minimum Gasteiger partial charge on any atom is -0.356 e. The molecule has 8 heteroatoms. The van der Waals surface area contributed by atoms with Crippen LogP contribution in [0, 0.1) is 0 Å². The van der Waals surface area contributed by atoms with E-state index in [0.717, 1.165) is 25.7 Å². The second kappa shape index (κ2) is 9.39. The minimum absolute atomic E-state index is 0.0200. The van der Waals surface area contributed by atoms with Crippen LogP contribution in [0.25, 0.3) is 0 Å². The SMILES string of the molecule is O=C(CCCN1C(=O)NC2(CCCC2)C1=O)NCCC(=O)NC1CCCCC1. The summed E-state index contributed by atoms with van der Waals surface area (Å²) in [6.45, 7) is 0.561. The molecule has 0 atom stereocenters. The molecule has 3 fully saturated rings. The van der Waals surface area contributed by atoms with Crippen molar-refractivity contribution in [2.24, 2.45) is 0 Å². The van der Waals surface area contributed by atoms with E-state index in [1.54, 1.807) is 0 Å². The van der Waals surface area contributed by atoms with Crippen LogP contribution < -0.4 is 16.0 Å². The number of hydrogen-bond donors (Lipinski definition) is 3. The first-order valence-electron chi connectivity index (χ1n) is 10.7. The third kappa shape index (κ3) is 5.02. The summed E-state index contributed by atoms with van der Waals surface area (Å²) in [5.74, 6) is -0.323. The average molecular weight is 393 g/mol. The summed E-state index contributed by atoms with van der Waals surface area (Å²) >= 11 is 0. The molecule has 1 heterocycles. The molecule has 156 valence electrons. The van der Waals surface area contributed by atoms with Gasteiger partial charge in [0, 0.05) is 32.0 Å². The lowest BCUT2D eigenvalue weighted by atomic mass is 9.95. The molecule has 8 nitrogen and oxygen atoms in total. The number of nitrogens with zero attached hydrogens (tertiary/aromatic N) is 1. The number of nitrogens with one attached hydrogen (secondary N) is 3. The van der Waals surface area contributed by atoms with Gasteiger partial charge < -0.3 is 16.0 Å². The van der Waals surface area contributed by atoms with E-state index in [1.165, 1.54) is 24.2 Å². The summed E-state index contributed by atoms with van der Waals surface area (Å²) in [5.41, 5.74) is -0.689. The van der Waals surface area contributed by atoms with Crippen LogP contribution in [0.5, 0.6) is 0 Å². The van der Waals surface area contributed by atoms with Crippen molar-refractivity contribution in [2.45, 2.75) is 88.6 Å². The number of hydrogen-bond acceptors (Lipinski definition) is 4. The normalized spacial score (nSPS) is 21.8. The van der Waals surface area contributed by atoms with Gasteiger partial charge in [0.25, 0.3) is 5.91 Å². The fraction of sp³-hybridized carbons (Fsp3) is 0.800.